The Morgan fingerprint density at radius 1 is 1.12 bits per heavy atom. The highest BCUT2D eigenvalue weighted by molar-refractivity contribution is 6.67. The third kappa shape index (κ3) is 2.17. The van der Waals surface area contributed by atoms with E-state index in [-0.39, 0.29) is 5.76 Å². The van der Waals surface area contributed by atoms with Crippen molar-refractivity contribution in [2.75, 3.05) is 0 Å². The summed E-state index contributed by atoms with van der Waals surface area (Å²) in [6, 6.07) is 9.44. The Kier molecular flexibility index (Phi) is 2.84. The highest BCUT2D eigenvalue weighted by Gasteiger charge is 2.09. The third-order valence-electron chi connectivity index (χ3n) is 2.31. The first kappa shape index (κ1) is 11.0. The van der Waals surface area contributed by atoms with E-state index in [1.54, 1.807) is 12.1 Å². The molecule has 2 aromatic rings. The van der Waals surface area contributed by atoms with E-state index in [0.717, 1.165) is 16.7 Å². The zero-order valence-electron chi connectivity index (χ0n) is 9.08. The van der Waals surface area contributed by atoms with E-state index in [9.17, 15) is 4.79 Å². The molecule has 0 saturated carbocycles. The van der Waals surface area contributed by atoms with Crippen LogP contribution in [0.15, 0.2) is 34.7 Å². The van der Waals surface area contributed by atoms with E-state index < -0.39 is 5.24 Å². The van der Waals surface area contributed by atoms with Crippen molar-refractivity contribution in [3.05, 3.63) is 47.2 Å². The molecular weight excluding hydrogens is 224 g/mol. The molecule has 0 fully saturated rings. The first-order valence-electron chi connectivity index (χ1n) is 4.94. The summed E-state index contributed by atoms with van der Waals surface area (Å²) >= 11 is 5.33. The van der Waals surface area contributed by atoms with Crippen LogP contribution < -0.4 is 0 Å². The smallest absolute Gasteiger partial charge is 0.287 e. The van der Waals surface area contributed by atoms with E-state index in [4.69, 9.17) is 16.0 Å². The van der Waals surface area contributed by atoms with Crippen LogP contribution in [0.1, 0.15) is 21.7 Å². The van der Waals surface area contributed by atoms with Crippen molar-refractivity contribution in [1.29, 1.82) is 0 Å². The maximum atomic E-state index is 10.9. The number of hydrogen-bond donors (Lipinski definition) is 0. The molecule has 3 heteroatoms. The van der Waals surface area contributed by atoms with E-state index in [1.807, 2.05) is 26.0 Å². The molecule has 1 heterocycles. The van der Waals surface area contributed by atoms with E-state index in [2.05, 4.69) is 6.07 Å². The maximum Gasteiger partial charge on any atom is 0.287 e. The van der Waals surface area contributed by atoms with Crippen LogP contribution >= 0.6 is 11.6 Å². The predicted octanol–water partition coefficient (Wildman–Crippen LogP) is 3.94. The highest BCUT2D eigenvalue weighted by atomic mass is 35.5. The summed E-state index contributed by atoms with van der Waals surface area (Å²) in [5, 5.41) is -0.573. The Morgan fingerprint density at radius 2 is 1.75 bits per heavy atom. The molecule has 0 atom stereocenters. The van der Waals surface area contributed by atoms with Crippen LogP contribution in [0.2, 0.25) is 0 Å². The molecule has 1 aromatic carbocycles. The van der Waals surface area contributed by atoms with Gasteiger partial charge in [0.05, 0.1) is 0 Å². The standard InChI is InChI=1S/C13H11ClO2/c1-8-5-9(2)7-10(6-8)11-3-4-12(16-11)13(14)15/h3-7H,1-2H3. The van der Waals surface area contributed by atoms with Gasteiger partial charge in [-0.05, 0) is 49.7 Å². The maximum absolute atomic E-state index is 10.9. The Labute approximate surface area is 98.8 Å². The van der Waals surface area contributed by atoms with Gasteiger partial charge in [0.1, 0.15) is 5.76 Å². The lowest BCUT2D eigenvalue weighted by Gasteiger charge is -2.01. The van der Waals surface area contributed by atoms with Gasteiger partial charge in [-0.25, -0.2) is 0 Å². The molecule has 0 amide bonds. The van der Waals surface area contributed by atoms with Gasteiger partial charge in [0, 0.05) is 5.56 Å². The second-order valence-electron chi connectivity index (χ2n) is 3.81. The Morgan fingerprint density at radius 3 is 2.25 bits per heavy atom. The molecule has 0 aliphatic heterocycles. The second kappa shape index (κ2) is 4.14. The van der Waals surface area contributed by atoms with Gasteiger partial charge >= 0.3 is 0 Å². The normalized spacial score (nSPS) is 10.4. The van der Waals surface area contributed by atoms with Crippen LogP contribution in [0.4, 0.5) is 0 Å². The van der Waals surface area contributed by atoms with Crippen molar-refractivity contribution in [2.24, 2.45) is 0 Å². The lowest BCUT2D eigenvalue weighted by molar-refractivity contribution is 0.105. The number of aryl methyl sites for hydroxylation is 2. The first-order valence-corrected chi connectivity index (χ1v) is 5.32. The molecule has 2 nitrogen and oxygen atoms in total. The molecule has 0 unspecified atom stereocenters. The molecule has 0 saturated heterocycles. The van der Waals surface area contributed by atoms with Gasteiger partial charge < -0.3 is 4.42 Å². The molecule has 0 radical (unpaired) electrons. The van der Waals surface area contributed by atoms with Crippen molar-refractivity contribution in [3.63, 3.8) is 0 Å². The summed E-state index contributed by atoms with van der Waals surface area (Å²) in [5.41, 5.74) is 3.27. The average molecular weight is 235 g/mol. The van der Waals surface area contributed by atoms with E-state index in [0.29, 0.717) is 5.76 Å². The number of rotatable bonds is 2. The first-order chi connectivity index (χ1) is 7.56. The predicted molar refractivity (Wildman–Crippen MR) is 63.8 cm³/mol. The van der Waals surface area contributed by atoms with Crippen molar-refractivity contribution in [1.82, 2.24) is 0 Å². The fourth-order valence-electron chi connectivity index (χ4n) is 1.72. The molecule has 2 rings (SSSR count). The fraction of sp³-hybridized carbons (Fsp3) is 0.154. The fourth-order valence-corrected chi connectivity index (χ4v) is 1.82. The summed E-state index contributed by atoms with van der Waals surface area (Å²) in [4.78, 5) is 10.9. The minimum atomic E-state index is -0.573. The van der Waals surface area contributed by atoms with Crippen LogP contribution in [-0.2, 0) is 0 Å². The van der Waals surface area contributed by atoms with Gasteiger partial charge in [0.2, 0.25) is 0 Å². The molecule has 0 bridgehead atoms. The average Bonchev–Trinajstić information content (AvgIpc) is 2.64. The van der Waals surface area contributed by atoms with Crippen LogP contribution in [0, 0.1) is 13.8 Å². The monoisotopic (exact) mass is 234 g/mol. The van der Waals surface area contributed by atoms with Gasteiger partial charge in [0.15, 0.2) is 5.76 Å². The molecule has 0 aliphatic carbocycles. The van der Waals surface area contributed by atoms with Crippen molar-refractivity contribution in [2.45, 2.75) is 13.8 Å². The lowest BCUT2D eigenvalue weighted by atomic mass is 10.1. The van der Waals surface area contributed by atoms with Gasteiger partial charge in [-0.3, -0.25) is 4.79 Å². The Balaban J connectivity index is 2.46. The quantitative estimate of drug-likeness (QED) is 0.737. The Hall–Kier alpha value is -1.54. The topological polar surface area (TPSA) is 30.2 Å². The molecule has 1 aromatic heterocycles. The SMILES string of the molecule is Cc1cc(C)cc(-c2ccc(C(=O)Cl)o2)c1. The number of halogens is 1. The number of carbonyl (C=O) groups excluding carboxylic acids is 1. The van der Waals surface area contributed by atoms with E-state index >= 15 is 0 Å². The lowest BCUT2D eigenvalue weighted by Crippen LogP contribution is -1.83. The number of carbonyl (C=O) groups is 1. The molecule has 82 valence electrons. The molecular formula is C13H11ClO2. The van der Waals surface area contributed by atoms with Crippen LogP contribution in [0.25, 0.3) is 11.3 Å². The van der Waals surface area contributed by atoms with Crippen molar-refractivity contribution in [3.8, 4) is 11.3 Å². The summed E-state index contributed by atoms with van der Waals surface area (Å²) in [6.07, 6.45) is 0. The van der Waals surface area contributed by atoms with Gasteiger partial charge in [-0.1, -0.05) is 17.2 Å². The zero-order valence-corrected chi connectivity index (χ0v) is 9.84. The van der Waals surface area contributed by atoms with Crippen LogP contribution in [-0.4, -0.2) is 5.24 Å². The minimum Gasteiger partial charge on any atom is -0.452 e. The molecule has 0 N–H and O–H groups in total. The van der Waals surface area contributed by atoms with Crippen molar-refractivity contribution < 1.29 is 9.21 Å². The second-order valence-corrected chi connectivity index (χ2v) is 4.16. The van der Waals surface area contributed by atoms with Gasteiger partial charge in [-0.15, -0.1) is 0 Å². The summed E-state index contributed by atoms with van der Waals surface area (Å²) in [5.74, 6) is 0.839. The molecule has 0 spiro atoms. The van der Waals surface area contributed by atoms with Crippen LogP contribution in [0.5, 0.6) is 0 Å². The zero-order chi connectivity index (χ0) is 11.7. The summed E-state index contributed by atoms with van der Waals surface area (Å²) < 4.78 is 5.36. The number of benzene rings is 1. The van der Waals surface area contributed by atoms with Gasteiger partial charge in [-0.2, -0.15) is 0 Å². The summed E-state index contributed by atoms with van der Waals surface area (Å²) in [6.45, 7) is 4.04. The molecule has 16 heavy (non-hydrogen) atoms. The molecule has 0 aliphatic rings. The Bertz CT molecular complexity index is 520. The third-order valence-corrected chi connectivity index (χ3v) is 2.49. The largest absolute Gasteiger partial charge is 0.452 e. The minimum absolute atomic E-state index is 0.177. The van der Waals surface area contributed by atoms with Gasteiger partial charge in [0.25, 0.3) is 5.24 Å². The number of hydrogen-bond acceptors (Lipinski definition) is 2. The van der Waals surface area contributed by atoms with Crippen LogP contribution in [0.3, 0.4) is 0 Å². The summed E-state index contributed by atoms with van der Waals surface area (Å²) in [7, 11) is 0. The highest BCUT2D eigenvalue weighted by Crippen LogP contribution is 2.25. The van der Waals surface area contributed by atoms with Crippen molar-refractivity contribution >= 4 is 16.8 Å². The van der Waals surface area contributed by atoms with E-state index in [1.165, 1.54) is 0 Å². The number of furan rings is 1.